The fourth-order valence-electron chi connectivity index (χ4n) is 6.01. The highest BCUT2D eigenvalue weighted by Crippen LogP contribution is 2.28. The van der Waals surface area contributed by atoms with Gasteiger partial charge in [-0.2, -0.15) is 0 Å². The number of anilines is 1. The van der Waals surface area contributed by atoms with Crippen LogP contribution in [0.3, 0.4) is 0 Å². The van der Waals surface area contributed by atoms with Crippen LogP contribution in [-0.2, 0) is 0 Å². The average molecular weight is 662 g/mol. The van der Waals surface area contributed by atoms with E-state index in [2.05, 4.69) is 134 Å². The molecule has 3 nitrogen and oxygen atoms in total. The van der Waals surface area contributed by atoms with Crippen molar-refractivity contribution in [1.29, 1.82) is 0 Å². The fraction of sp³-hybridized carbons (Fsp3) is 0.0625. The molecule has 250 valence electrons. The maximum atomic E-state index is 5.76. The molecule has 0 fully saturated rings. The van der Waals surface area contributed by atoms with E-state index >= 15 is 0 Å². The van der Waals surface area contributed by atoms with Gasteiger partial charge in [-0.05, 0) is 118 Å². The van der Waals surface area contributed by atoms with Gasteiger partial charge < -0.3 is 11.1 Å². The molecule has 0 bridgehead atoms. The lowest BCUT2D eigenvalue weighted by molar-refractivity contribution is 0.747. The van der Waals surface area contributed by atoms with Crippen LogP contribution in [0.4, 0.5) is 5.69 Å². The van der Waals surface area contributed by atoms with Gasteiger partial charge in [0, 0.05) is 22.8 Å². The maximum absolute atomic E-state index is 5.76. The normalized spacial score (nSPS) is 14.1. The summed E-state index contributed by atoms with van der Waals surface area (Å²) >= 11 is 0. The third kappa shape index (κ3) is 8.59. The summed E-state index contributed by atoms with van der Waals surface area (Å²) in [4.78, 5) is 4.48. The Labute approximate surface area is 301 Å². The number of nitrogen functional groups attached to an aromatic ring is 1. The summed E-state index contributed by atoms with van der Waals surface area (Å²) in [5.41, 5.74) is 16.3. The molecule has 51 heavy (non-hydrogen) atoms. The molecular formula is C48H43N3. The number of rotatable bonds is 8. The first-order valence-electron chi connectivity index (χ1n) is 17.2. The predicted octanol–water partition coefficient (Wildman–Crippen LogP) is 12.1. The Morgan fingerprint density at radius 1 is 0.745 bits per heavy atom. The molecule has 2 heterocycles. The summed E-state index contributed by atoms with van der Waals surface area (Å²) in [5, 5.41) is 8.19. The van der Waals surface area contributed by atoms with Gasteiger partial charge in [0.05, 0.1) is 11.7 Å². The van der Waals surface area contributed by atoms with E-state index < -0.39 is 0 Å². The van der Waals surface area contributed by atoms with Crippen molar-refractivity contribution >= 4 is 38.9 Å². The number of hydrogen-bond acceptors (Lipinski definition) is 3. The molecule has 7 rings (SSSR count). The van der Waals surface area contributed by atoms with Gasteiger partial charge in [0.25, 0.3) is 0 Å². The van der Waals surface area contributed by atoms with E-state index in [1.807, 2.05) is 79.2 Å². The molecule has 0 radical (unpaired) electrons. The lowest BCUT2D eigenvalue weighted by Gasteiger charge is -2.17. The molecule has 6 aromatic rings. The van der Waals surface area contributed by atoms with Gasteiger partial charge in [-0.25, -0.2) is 0 Å². The van der Waals surface area contributed by atoms with Crippen LogP contribution in [0.1, 0.15) is 35.2 Å². The molecule has 3 N–H and O–H groups in total. The summed E-state index contributed by atoms with van der Waals surface area (Å²) < 4.78 is 0. The van der Waals surface area contributed by atoms with E-state index in [4.69, 9.17) is 5.73 Å². The Morgan fingerprint density at radius 2 is 1.53 bits per heavy atom. The Hall–Kier alpha value is -6.45. The van der Waals surface area contributed by atoms with Crippen LogP contribution in [0.2, 0.25) is 0 Å². The topological polar surface area (TPSA) is 50.9 Å². The molecule has 3 heteroatoms. The van der Waals surface area contributed by atoms with Crippen molar-refractivity contribution in [3.8, 4) is 11.3 Å². The molecule has 0 aliphatic carbocycles. The Kier molecular flexibility index (Phi) is 11.0. The predicted molar refractivity (Wildman–Crippen MR) is 221 cm³/mol. The van der Waals surface area contributed by atoms with Crippen molar-refractivity contribution in [1.82, 2.24) is 10.3 Å². The van der Waals surface area contributed by atoms with Crippen LogP contribution in [0, 0.1) is 6.92 Å². The van der Waals surface area contributed by atoms with Gasteiger partial charge in [-0.1, -0.05) is 135 Å². The number of allylic oxidation sites excluding steroid dienone is 9. The van der Waals surface area contributed by atoms with Gasteiger partial charge >= 0.3 is 0 Å². The number of benzene rings is 5. The molecular weight excluding hydrogens is 619 g/mol. The molecule has 1 aliphatic heterocycles. The van der Waals surface area contributed by atoms with Crippen LogP contribution < -0.4 is 11.1 Å². The van der Waals surface area contributed by atoms with Crippen molar-refractivity contribution in [2.24, 2.45) is 0 Å². The smallest absolute Gasteiger partial charge is 0.0702 e. The first-order valence-corrected chi connectivity index (χ1v) is 17.2. The quantitative estimate of drug-likeness (QED) is 0.126. The van der Waals surface area contributed by atoms with E-state index in [-0.39, 0.29) is 6.04 Å². The van der Waals surface area contributed by atoms with Crippen LogP contribution in [-0.4, -0.2) is 4.98 Å². The molecule has 0 saturated carbocycles. The minimum atomic E-state index is 0.213. The Bertz CT molecular complexity index is 2350. The third-order valence-corrected chi connectivity index (χ3v) is 9.06. The molecule has 0 amide bonds. The van der Waals surface area contributed by atoms with E-state index in [0.717, 1.165) is 44.6 Å². The number of dihydropyridines is 1. The Balaban J connectivity index is 0.000000344. The highest BCUT2D eigenvalue weighted by Gasteiger charge is 2.09. The number of aromatic nitrogens is 1. The van der Waals surface area contributed by atoms with Gasteiger partial charge in [0.2, 0.25) is 0 Å². The molecule has 0 spiro atoms. The highest BCUT2D eigenvalue weighted by atomic mass is 14.9. The zero-order valence-electron chi connectivity index (χ0n) is 29.3. The van der Waals surface area contributed by atoms with Gasteiger partial charge in [-0.15, -0.1) is 0 Å². The number of nitrogens with two attached hydrogens (primary N) is 1. The van der Waals surface area contributed by atoms with E-state index in [1.54, 1.807) is 0 Å². The number of nitrogens with zero attached hydrogens (tertiary/aromatic N) is 1. The van der Waals surface area contributed by atoms with E-state index in [1.165, 1.54) is 32.8 Å². The summed E-state index contributed by atoms with van der Waals surface area (Å²) in [7, 11) is 0. The molecule has 1 unspecified atom stereocenters. The first kappa shape index (κ1) is 34.4. The molecule has 1 aromatic heterocycles. The Morgan fingerprint density at radius 3 is 2.31 bits per heavy atom. The number of hydrogen-bond donors (Lipinski definition) is 2. The van der Waals surface area contributed by atoms with Gasteiger partial charge in [0.1, 0.15) is 0 Å². The SMILES string of the molecule is C=C(/C=C\C(=C/C)c1ccc2cc(C3C=CC=CN3)ccc2c1)C(=C)/C=C\c1cc(-c2ccccn2)ccc1C.Nc1cccc2ccccc12. The fourth-order valence-corrected chi connectivity index (χ4v) is 6.01. The van der Waals surface area contributed by atoms with E-state index in [0.29, 0.717) is 0 Å². The number of aryl methyl sites for hydroxylation is 1. The molecule has 0 saturated heterocycles. The van der Waals surface area contributed by atoms with Crippen molar-refractivity contribution in [3.05, 3.63) is 217 Å². The highest BCUT2D eigenvalue weighted by molar-refractivity contribution is 5.92. The summed E-state index contributed by atoms with van der Waals surface area (Å²) in [6, 6.07) is 39.9. The van der Waals surface area contributed by atoms with Crippen LogP contribution in [0.25, 0.3) is 44.5 Å². The monoisotopic (exact) mass is 661 g/mol. The van der Waals surface area contributed by atoms with Crippen molar-refractivity contribution in [2.75, 3.05) is 5.73 Å². The second kappa shape index (κ2) is 16.3. The minimum Gasteiger partial charge on any atom is -0.398 e. The standard InChI is InChI=1S/C38H34N2.C10H9N/c1-5-30(32-18-19-34-26-36(21-20-33(34)25-32)38-11-7-9-23-40-38)15-12-27(2)28(3)13-16-31-24-35(17-14-29(31)4)37-10-6-8-22-39-37;11-10-7-3-5-8-4-1-2-6-9(8)10/h5-26,38,40H,2-3H2,1,4H3;1-7H,11H2/b15-12-,16-13-,30-5+;. The average Bonchev–Trinajstić information content (AvgIpc) is 3.18. The molecule has 1 atom stereocenters. The second-order valence-corrected chi connectivity index (χ2v) is 12.5. The van der Waals surface area contributed by atoms with Crippen molar-refractivity contribution in [3.63, 3.8) is 0 Å². The lowest BCUT2D eigenvalue weighted by atomic mass is 9.96. The lowest BCUT2D eigenvalue weighted by Crippen LogP contribution is -2.14. The van der Waals surface area contributed by atoms with Gasteiger partial charge in [-0.3, -0.25) is 4.98 Å². The minimum absolute atomic E-state index is 0.213. The zero-order chi connectivity index (χ0) is 35.6. The van der Waals surface area contributed by atoms with E-state index in [9.17, 15) is 0 Å². The van der Waals surface area contributed by atoms with Crippen molar-refractivity contribution < 1.29 is 0 Å². The van der Waals surface area contributed by atoms with Crippen LogP contribution >= 0.6 is 0 Å². The van der Waals surface area contributed by atoms with Crippen molar-refractivity contribution in [2.45, 2.75) is 19.9 Å². The maximum Gasteiger partial charge on any atom is 0.0702 e. The molecule has 5 aromatic carbocycles. The largest absolute Gasteiger partial charge is 0.398 e. The summed E-state index contributed by atoms with van der Waals surface area (Å²) in [6.07, 6.45) is 20.5. The first-order chi connectivity index (χ1) is 24.9. The second-order valence-electron chi connectivity index (χ2n) is 12.5. The van der Waals surface area contributed by atoms with Gasteiger partial charge in [0.15, 0.2) is 0 Å². The summed E-state index contributed by atoms with van der Waals surface area (Å²) in [6.45, 7) is 12.7. The zero-order valence-corrected chi connectivity index (χ0v) is 29.3. The number of nitrogens with one attached hydrogen (secondary N) is 1. The summed E-state index contributed by atoms with van der Waals surface area (Å²) in [5.74, 6) is 0. The number of fused-ring (bicyclic) bond motifs is 2. The third-order valence-electron chi connectivity index (χ3n) is 9.06. The van der Waals surface area contributed by atoms with Crippen LogP contribution in [0.5, 0.6) is 0 Å². The molecule has 1 aliphatic rings. The van der Waals surface area contributed by atoms with Crippen LogP contribution in [0.15, 0.2) is 194 Å². The number of pyridine rings is 1.